The first-order valence-corrected chi connectivity index (χ1v) is 6.35. The number of nitrogens with one attached hydrogen (secondary N) is 1. The Morgan fingerprint density at radius 2 is 2.44 bits per heavy atom. The van der Waals surface area contributed by atoms with Crippen LogP contribution in [0.3, 0.4) is 0 Å². The van der Waals surface area contributed by atoms with Crippen molar-refractivity contribution in [3.05, 3.63) is 11.1 Å². The summed E-state index contributed by atoms with van der Waals surface area (Å²) in [7, 11) is 4.03. The van der Waals surface area contributed by atoms with Crippen molar-refractivity contribution in [1.82, 2.24) is 10.3 Å². The maximum absolute atomic E-state index is 5.41. The van der Waals surface area contributed by atoms with Crippen LogP contribution in [0.25, 0.3) is 0 Å². The summed E-state index contributed by atoms with van der Waals surface area (Å²) < 4.78 is 5.41. The van der Waals surface area contributed by atoms with E-state index in [0.717, 1.165) is 31.3 Å². The average Bonchev–Trinajstić information content (AvgIpc) is 2.84. The zero-order chi connectivity index (χ0) is 11.6. The highest BCUT2D eigenvalue weighted by atomic mass is 32.1. The van der Waals surface area contributed by atoms with Crippen LogP contribution in [-0.4, -0.2) is 37.8 Å². The predicted molar refractivity (Wildman–Crippen MR) is 67.1 cm³/mol. The molecule has 0 amide bonds. The van der Waals surface area contributed by atoms with Crippen LogP contribution in [0.2, 0.25) is 0 Å². The lowest BCUT2D eigenvalue weighted by Crippen LogP contribution is -2.42. The van der Waals surface area contributed by atoms with E-state index in [-0.39, 0.29) is 5.54 Å². The van der Waals surface area contributed by atoms with Crippen molar-refractivity contribution < 1.29 is 4.74 Å². The first-order valence-electron chi connectivity index (χ1n) is 5.54. The Morgan fingerprint density at radius 1 is 1.62 bits per heavy atom. The number of nitrogens with zero attached hydrogens (tertiary/aromatic N) is 2. The molecule has 0 aliphatic carbocycles. The summed E-state index contributed by atoms with van der Waals surface area (Å²) in [5.41, 5.74) is 0.141. The molecule has 1 atom stereocenters. The number of rotatable bonds is 4. The summed E-state index contributed by atoms with van der Waals surface area (Å²) in [6, 6.07) is 0. The quantitative estimate of drug-likeness (QED) is 0.866. The Hall–Kier alpha value is -0.650. The zero-order valence-corrected chi connectivity index (χ0v) is 10.9. The molecule has 4 nitrogen and oxygen atoms in total. The monoisotopic (exact) mass is 241 g/mol. The SMILES string of the molecule is CN(C)c1ncc(CNC2(C)CCOC2)s1. The lowest BCUT2D eigenvalue weighted by Gasteiger charge is -2.22. The molecule has 2 rings (SSSR count). The summed E-state index contributed by atoms with van der Waals surface area (Å²) in [4.78, 5) is 7.67. The third-order valence-electron chi connectivity index (χ3n) is 2.83. The van der Waals surface area contributed by atoms with Crippen molar-refractivity contribution in [1.29, 1.82) is 0 Å². The lowest BCUT2D eigenvalue weighted by molar-refractivity contribution is 0.171. The molecule has 0 bridgehead atoms. The van der Waals surface area contributed by atoms with Crippen molar-refractivity contribution in [3.63, 3.8) is 0 Å². The van der Waals surface area contributed by atoms with Crippen LogP contribution >= 0.6 is 11.3 Å². The number of hydrogen-bond acceptors (Lipinski definition) is 5. The summed E-state index contributed by atoms with van der Waals surface area (Å²) in [6.45, 7) is 4.78. The molecule has 1 fully saturated rings. The minimum atomic E-state index is 0.141. The lowest BCUT2D eigenvalue weighted by atomic mass is 10.0. The fourth-order valence-corrected chi connectivity index (χ4v) is 2.46. The normalized spacial score (nSPS) is 24.9. The van der Waals surface area contributed by atoms with Gasteiger partial charge in [0.2, 0.25) is 0 Å². The van der Waals surface area contributed by atoms with Crippen LogP contribution in [-0.2, 0) is 11.3 Å². The van der Waals surface area contributed by atoms with Crippen LogP contribution in [0, 0.1) is 0 Å². The fraction of sp³-hybridized carbons (Fsp3) is 0.727. The van der Waals surface area contributed by atoms with Gasteiger partial charge in [0.1, 0.15) is 0 Å². The third kappa shape index (κ3) is 2.72. The molecule has 0 radical (unpaired) electrons. The largest absolute Gasteiger partial charge is 0.379 e. The highest BCUT2D eigenvalue weighted by Crippen LogP contribution is 2.22. The van der Waals surface area contributed by atoms with Gasteiger partial charge in [-0.15, -0.1) is 11.3 Å². The van der Waals surface area contributed by atoms with Crippen LogP contribution in [0.5, 0.6) is 0 Å². The Bertz CT molecular complexity index is 345. The Kier molecular flexibility index (Phi) is 3.47. The van der Waals surface area contributed by atoms with Gasteiger partial charge in [0, 0.05) is 43.9 Å². The van der Waals surface area contributed by atoms with Gasteiger partial charge in [-0.1, -0.05) is 0 Å². The standard InChI is InChI=1S/C11H19N3OS/c1-11(4-5-15-8-11)13-7-9-6-12-10(16-9)14(2)3/h6,13H,4-5,7-8H2,1-3H3. The molecule has 1 N–H and O–H groups in total. The molecule has 1 aromatic heterocycles. The van der Waals surface area contributed by atoms with E-state index in [1.54, 1.807) is 11.3 Å². The van der Waals surface area contributed by atoms with Crippen LogP contribution < -0.4 is 10.2 Å². The van der Waals surface area contributed by atoms with E-state index in [0.29, 0.717) is 0 Å². The number of aromatic nitrogens is 1. The van der Waals surface area contributed by atoms with E-state index in [9.17, 15) is 0 Å². The summed E-state index contributed by atoms with van der Waals surface area (Å²) in [6.07, 6.45) is 3.04. The van der Waals surface area contributed by atoms with Crippen molar-refractivity contribution in [2.75, 3.05) is 32.2 Å². The van der Waals surface area contributed by atoms with E-state index in [1.807, 2.05) is 25.2 Å². The third-order valence-corrected chi connectivity index (χ3v) is 4.00. The minimum Gasteiger partial charge on any atom is -0.379 e. The number of hydrogen-bond donors (Lipinski definition) is 1. The molecule has 16 heavy (non-hydrogen) atoms. The fourth-order valence-electron chi connectivity index (χ4n) is 1.69. The molecule has 2 heterocycles. The average molecular weight is 241 g/mol. The van der Waals surface area contributed by atoms with Gasteiger partial charge in [0.25, 0.3) is 0 Å². The van der Waals surface area contributed by atoms with Gasteiger partial charge >= 0.3 is 0 Å². The first-order chi connectivity index (χ1) is 7.59. The number of thiazole rings is 1. The second-order valence-corrected chi connectivity index (χ2v) is 5.81. The number of anilines is 1. The van der Waals surface area contributed by atoms with E-state index < -0.39 is 0 Å². The molecule has 0 spiro atoms. The van der Waals surface area contributed by atoms with E-state index in [1.165, 1.54) is 4.88 Å². The zero-order valence-electron chi connectivity index (χ0n) is 10.1. The molecule has 5 heteroatoms. The Labute approximate surface area is 101 Å². The Morgan fingerprint density at radius 3 is 3.00 bits per heavy atom. The summed E-state index contributed by atoms with van der Waals surface area (Å²) >= 11 is 1.73. The van der Waals surface area contributed by atoms with Crippen molar-refractivity contribution >= 4 is 16.5 Å². The van der Waals surface area contributed by atoms with Gasteiger partial charge in [-0.25, -0.2) is 4.98 Å². The van der Waals surface area contributed by atoms with Gasteiger partial charge in [0.15, 0.2) is 5.13 Å². The molecular weight excluding hydrogens is 222 g/mol. The van der Waals surface area contributed by atoms with Crippen LogP contribution in [0.4, 0.5) is 5.13 Å². The summed E-state index contributed by atoms with van der Waals surface area (Å²) in [5.74, 6) is 0. The molecule has 1 aromatic rings. The van der Waals surface area contributed by atoms with E-state index >= 15 is 0 Å². The minimum absolute atomic E-state index is 0.141. The molecule has 90 valence electrons. The summed E-state index contributed by atoms with van der Waals surface area (Å²) in [5, 5.41) is 4.61. The van der Waals surface area contributed by atoms with Crippen molar-refractivity contribution in [2.45, 2.75) is 25.4 Å². The van der Waals surface area contributed by atoms with Gasteiger partial charge in [0.05, 0.1) is 6.61 Å². The van der Waals surface area contributed by atoms with Gasteiger partial charge in [-0.2, -0.15) is 0 Å². The molecule has 0 aromatic carbocycles. The molecular formula is C11H19N3OS. The van der Waals surface area contributed by atoms with Gasteiger partial charge < -0.3 is 15.0 Å². The van der Waals surface area contributed by atoms with Gasteiger partial charge in [-0.05, 0) is 13.3 Å². The topological polar surface area (TPSA) is 37.4 Å². The Balaban J connectivity index is 1.89. The molecule has 1 saturated heterocycles. The molecule has 1 aliphatic heterocycles. The molecule has 0 saturated carbocycles. The molecule has 1 unspecified atom stereocenters. The van der Waals surface area contributed by atoms with Crippen LogP contribution in [0.15, 0.2) is 6.20 Å². The highest BCUT2D eigenvalue weighted by molar-refractivity contribution is 7.15. The first kappa shape index (κ1) is 11.8. The second-order valence-electron chi connectivity index (χ2n) is 4.72. The van der Waals surface area contributed by atoms with E-state index in [4.69, 9.17) is 4.74 Å². The number of ether oxygens (including phenoxy) is 1. The molecule has 1 aliphatic rings. The predicted octanol–water partition coefficient (Wildman–Crippen LogP) is 1.48. The second kappa shape index (κ2) is 4.69. The van der Waals surface area contributed by atoms with Crippen molar-refractivity contribution in [2.24, 2.45) is 0 Å². The highest BCUT2D eigenvalue weighted by Gasteiger charge is 2.28. The van der Waals surface area contributed by atoms with Gasteiger partial charge in [-0.3, -0.25) is 0 Å². The van der Waals surface area contributed by atoms with Crippen LogP contribution in [0.1, 0.15) is 18.2 Å². The van der Waals surface area contributed by atoms with E-state index in [2.05, 4.69) is 17.2 Å². The maximum atomic E-state index is 5.41. The smallest absolute Gasteiger partial charge is 0.185 e. The maximum Gasteiger partial charge on any atom is 0.185 e. The van der Waals surface area contributed by atoms with Crippen molar-refractivity contribution in [3.8, 4) is 0 Å².